The highest BCUT2D eigenvalue weighted by atomic mass is 16.3. The Bertz CT molecular complexity index is 3490. The third-order valence-corrected chi connectivity index (χ3v) is 13.9. The third kappa shape index (κ3) is 6.95. The van der Waals surface area contributed by atoms with Crippen LogP contribution in [0.3, 0.4) is 0 Å². The molecule has 10 aromatic rings. The van der Waals surface area contributed by atoms with Gasteiger partial charge in [0.2, 0.25) is 0 Å². The van der Waals surface area contributed by atoms with Crippen molar-refractivity contribution in [3.8, 4) is 55.6 Å². The largest absolute Gasteiger partial charge is 0.456 e. The molecule has 0 fully saturated rings. The molecule has 2 heteroatoms. The maximum atomic E-state index is 6.24. The first kappa shape index (κ1) is 40.6. The maximum absolute atomic E-state index is 6.24. The lowest BCUT2D eigenvalue weighted by atomic mass is 9.74. The van der Waals surface area contributed by atoms with E-state index in [1.165, 1.54) is 88.7 Å². The molecule has 0 saturated heterocycles. The van der Waals surface area contributed by atoms with E-state index in [4.69, 9.17) is 4.42 Å². The van der Waals surface area contributed by atoms with E-state index < -0.39 is 0 Å². The molecule has 1 heterocycles. The van der Waals surface area contributed by atoms with Crippen molar-refractivity contribution in [1.29, 1.82) is 0 Å². The van der Waals surface area contributed by atoms with Gasteiger partial charge in [0.1, 0.15) is 11.2 Å². The Morgan fingerprint density at radius 3 is 1.88 bits per heavy atom. The predicted molar refractivity (Wildman–Crippen MR) is 278 cm³/mol. The third-order valence-electron chi connectivity index (χ3n) is 13.9. The minimum Gasteiger partial charge on any atom is -0.456 e. The maximum Gasteiger partial charge on any atom is 0.135 e. The normalized spacial score (nSPS) is 13.4. The lowest BCUT2D eigenvalue weighted by Crippen LogP contribution is -2.21. The molecule has 0 amide bonds. The summed E-state index contributed by atoms with van der Waals surface area (Å²) in [5.74, 6) is 0. The molecular weight excluding hydrogens is 787 g/mol. The number of para-hydroxylation sites is 2. The lowest BCUT2D eigenvalue weighted by molar-refractivity contribution is 0.564. The summed E-state index contributed by atoms with van der Waals surface area (Å²) in [5, 5.41) is 8.70. The van der Waals surface area contributed by atoms with Crippen LogP contribution < -0.4 is 5.32 Å². The summed E-state index contributed by atoms with van der Waals surface area (Å²) in [7, 11) is 0. The molecule has 1 aliphatic rings. The second kappa shape index (κ2) is 15.0. The Kier molecular flexibility index (Phi) is 9.35. The molecule has 0 spiro atoms. The quantitative estimate of drug-likeness (QED) is 0.180. The van der Waals surface area contributed by atoms with Crippen LogP contribution in [0.1, 0.15) is 77.6 Å². The molecule has 2 nitrogen and oxygen atoms in total. The van der Waals surface area contributed by atoms with Crippen molar-refractivity contribution in [1.82, 2.24) is 0 Å². The number of benzene rings is 9. The number of nitrogens with one attached hydrogen (secondary N) is 1. The van der Waals surface area contributed by atoms with Gasteiger partial charge in [-0.3, -0.25) is 0 Å². The molecule has 65 heavy (non-hydrogen) atoms. The molecule has 1 aromatic heterocycles. The van der Waals surface area contributed by atoms with Crippen LogP contribution in [0.25, 0.3) is 88.3 Å². The fourth-order valence-electron chi connectivity index (χ4n) is 10.3. The van der Waals surface area contributed by atoms with Crippen molar-refractivity contribution < 1.29 is 4.42 Å². The van der Waals surface area contributed by atoms with Gasteiger partial charge in [0.05, 0.1) is 0 Å². The van der Waals surface area contributed by atoms with E-state index in [0.717, 1.165) is 33.3 Å². The summed E-state index contributed by atoms with van der Waals surface area (Å²) in [6.45, 7) is 19.0. The lowest BCUT2D eigenvalue weighted by Gasteiger charge is -2.30. The number of rotatable bonds is 6. The molecule has 0 aliphatic heterocycles. The van der Waals surface area contributed by atoms with Crippen LogP contribution in [0.15, 0.2) is 186 Å². The van der Waals surface area contributed by atoms with Crippen LogP contribution in [0.2, 0.25) is 0 Å². The van der Waals surface area contributed by atoms with Gasteiger partial charge in [-0.1, -0.05) is 189 Å². The van der Waals surface area contributed by atoms with Gasteiger partial charge in [-0.05, 0) is 142 Å². The van der Waals surface area contributed by atoms with Crippen molar-refractivity contribution >= 4 is 44.1 Å². The van der Waals surface area contributed by atoms with Gasteiger partial charge >= 0.3 is 0 Å². The van der Waals surface area contributed by atoms with Gasteiger partial charge in [0, 0.05) is 33.1 Å². The first-order valence-electron chi connectivity index (χ1n) is 23.1. The van der Waals surface area contributed by atoms with Gasteiger partial charge in [-0.2, -0.15) is 0 Å². The molecule has 1 N–H and O–H groups in total. The van der Waals surface area contributed by atoms with Gasteiger partial charge in [0.25, 0.3) is 0 Å². The summed E-state index contributed by atoms with van der Waals surface area (Å²) >= 11 is 0. The minimum absolute atomic E-state index is 0.000439. The van der Waals surface area contributed by atoms with Crippen molar-refractivity contribution in [3.63, 3.8) is 0 Å². The molecule has 0 bridgehead atoms. The molecule has 1 aliphatic carbocycles. The van der Waals surface area contributed by atoms with Gasteiger partial charge in [-0.15, -0.1) is 0 Å². The molecule has 0 radical (unpaired) electrons. The van der Waals surface area contributed by atoms with Crippen LogP contribution in [0.5, 0.6) is 0 Å². The van der Waals surface area contributed by atoms with Crippen molar-refractivity contribution in [2.24, 2.45) is 0 Å². The molecule has 0 saturated carbocycles. The zero-order valence-corrected chi connectivity index (χ0v) is 38.7. The number of hydrogen-bond acceptors (Lipinski definition) is 2. The zero-order chi connectivity index (χ0) is 44.8. The smallest absolute Gasteiger partial charge is 0.135 e. The SMILES string of the molecule is CC(C)(C)c1cc(C(C)(C)C)c2c(c1)C(C)(C)c1ccc(-c3cccc(-c4ccc5oc6ccccc6c5c4)c3)c(-c3ccccc3Nc3ccc(-c4ccc5ccccc5c4)cc3)c1-2. The summed E-state index contributed by atoms with van der Waals surface area (Å²) in [6, 6.07) is 67.0. The fraction of sp³-hybridized carbons (Fsp3) is 0.175. The van der Waals surface area contributed by atoms with Crippen LogP contribution in [0.4, 0.5) is 11.4 Å². The van der Waals surface area contributed by atoms with Gasteiger partial charge < -0.3 is 9.73 Å². The van der Waals surface area contributed by atoms with E-state index in [1.807, 2.05) is 12.1 Å². The Morgan fingerprint density at radius 1 is 0.415 bits per heavy atom. The predicted octanol–water partition coefficient (Wildman–Crippen LogP) is 18.1. The second-order valence-corrected chi connectivity index (χ2v) is 20.7. The standard InChI is InChI=1S/C63H55NO/c1-61(2,3)46-37-53(62(4,5)6)59-54(38-46)63(7,8)52-32-31-48(45-19-15-18-42(35-45)44-28-33-57-51(36-44)49-20-12-14-23-56(49)65-57)58(60(52)59)50-21-11-13-22-55(50)64-47-29-26-40(27-30-47)43-25-24-39-16-9-10-17-41(39)34-43/h9-38,64H,1-8H3. The van der Waals surface area contributed by atoms with Crippen LogP contribution in [-0.4, -0.2) is 0 Å². The fourth-order valence-corrected chi connectivity index (χ4v) is 10.3. The first-order chi connectivity index (χ1) is 31.2. The van der Waals surface area contributed by atoms with Crippen LogP contribution in [-0.2, 0) is 16.2 Å². The second-order valence-electron chi connectivity index (χ2n) is 20.7. The summed E-state index contributed by atoms with van der Waals surface area (Å²) in [6.07, 6.45) is 0. The first-order valence-corrected chi connectivity index (χ1v) is 23.1. The highest BCUT2D eigenvalue weighted by molar-refractivity contribution is 6.07. The number of fused-ring (bicyclic) bond motifs is 7. The number of furan rings is 1. The average Bonchev–Trinajstić information content (AvgIpc) is 3.79. The van der Waals surface area contributed by atoms with E-state index in [1.54, 1.807) is 0 Å². The zero-order valence-electron chi connectivity index (χ0n) is 38.7. The van der Waals surface area contributed by atoms with Gasteiger partial charge in [0.15, 0.2) is 0 Å². The van der Waals surface area contributed by atoms with Crippen molar-refractivity contribution in [3.05, 3.63) is 204 Å². The molecule has 11 rings (SSSR count). The van der Waals surface area contributed by atoms with Crippen LogP contribution in [0, 0.1) is 0 Å². The average molecular weight is 842 g/mol. The van der Waals surface area contributed by atoms with E-state index in [9.17, 15) is 0 Å². The molecule has 0 unspecified atom stereocenters. The van der Waals surface area contributed by atoms with E-state index in [-0.39, 0.29) is 16.2 Å². The van der Waals surface area contributed by atoms with E-state index in [2.05, 4.69) is 231 Å². The minimum atomic E-state index is -0.217. The van der Waals surface area contributed by atoms with Crippen molar-refractivity contribution in [2.45, 2.75) is 71.6 Å². The molecule has 9 aromatic carbocycles. The molecule has 318 valence electrons. The summed E-state index contributed by atoms with van der Waals surface area (Å²) in [5.41, 5.74) is 21.5. The topological polar surface area (TPSA) is 25.2 Å². The highest BCUT2D eigenvalue weighted by Crippen LogP contribution is 2.58. The summed E-state index contributed by atoms with van der Waals surface area (Å²) < 4.78 is 6.24. The van der Waals surface area contributed by atoms with Crippen LogP contribution >= 0.6 is 0 Å². The number of anilines is 2. The van der Waals surface area contributed by atoms with E-state index in [0.29, 0.717) is 0 Å². The highest BCUT2D eigenvalue weighted by Gasteiger charge is 2.42. The Labute approximate surface area is 383 Å². The van der Waals surface area contributed by atoms with Crippen molar-refractivity contribution in [2.75, 3.05) is 5.32 Å². The summed E-state index contributed by atoms with van der Waals surface area (Å²) in [4.78, 5) is 0. The molecular formula is C63H55NO. The monoisotopic (exact) mass is 841 g/mol. The van der Waals surface area contributed by atoms with Gasteiger partial charge in [-0.25, -0.2) is 0 Å². The van der Waals surface area contributed by atoms with E-state index >= 15 is 0 Å². The Morgan fingerprint density at radius 2 is 1.08 bits per heavy atom. The number of hydrogen-bond donors (Lipinski definition) is 1. The Hall–Kier alpha value is -7.16. The molecule has 0 atom stereocenters. The Balaban J connectivity index is 1.10.